The lowest BCUT2D eigenvalue weighted by Crippen LogP contribution is -2.19. The second kappa shape index (κ2) is 4.27. The Morgan fingerprint density at radius 3 is 3.00 bits per heavy atom. The Morgan fingerprint density at radius 2 is 2.35 bits per heavy atom. The molecule has 1 atom stereocenters. The first-order valence-corrected chi connectivity index (χ1v) is 6.88. The van der Waals surface area contributed by atoms with E-state index in [-0.39, 0.29) is 6.04 Å². The van der Waals surface area contributed by atoms with Crippen LogP contribution in [-0.4, -0.2) is 16.8 Å². The fraction of sp³-hybridized carbons (Fsp3) is 0.462. The molecule has 0 radical (unpaired) electrons. The molecule has 1 aliphatic rings. The van der Waals surface area contributed by atoms with Gasteiger partial charge in [-0.1, -0.05) is 0 Å². The molecule has 3 rings (SSSR count). The Bertz CT molecular complexity index is 505. The molecule has 2 heterocycles. The highest BCUT2D eigenvalue weighted by Crippen LogP contribution is 2.35. The normalized spacial score (nSPS) is 16.1. The molecule has 0 aromatic carbocycles. The van der Waals surface area contributed by atoms with E-state index in [1.807, 2.05) is 36.3 Å². The Morgan fingerprint density at radius 1 is 1.47 bits per heavy atom. The molecular weight excluding hydrogens is 230 g/mol. The highest BCUT2D eigenvalue weighted by atomic mass is 32.1. The van der Waals surface area contributed by atoms with Gasteiger partial charge in [0.15, 0.2) is 0 Å². The van der Waals surface area contributed by atoms with Crippen LogP contribution in [0, 0.1) is 0 Å². The van der Waals surface area contributed by atoms with Gasteiger partial charge in [-0.15, -0.1) is 11.3 Å². The maximum absolute atomic E-state index is 4.26. The minimum atomic E-state index is 0.276. The van der Waals surface area contributed by atoms with E-state index in [9.17, 15) is 0 Å². The van der Waals surface area contributed by atoms with Gasteiger partial charge in [0.1, 0.15) is 0 Å². The number of nitrogens with zero attached hydrogens (tertiary/aromatic N) is 2. The molecule has 0 bridgehead atoms. The average molecular weight is 247 g/mol. The average Bonchev–Trinajstić information content (AvgIpc) is 2.96. The van der Waals surface area contributed by atoms with E-state index in [0.717, 1.165) is 0 Å². The summed E-state index contributed by atoms with van der Waals surface area (Å²) in [5, 5.41) is 7.66. The van der Waals surface area contributed by atoms with Gasteiger partial charge in [-0.2, -0.15) is 5.10 Å². The van der Waals surface area contributed by atoms with Crippen molar-refractivity contribution in [1.82, 2.24) is 15.1 Å². The number of rotatable bonds is 3. The zero-order valence-electron chi connectivity index (χ0n) is 10.2. The smallest absolute Gasteiger partial charge is 0.0839 e. The zero-order valence-corrected chi connectivity index (χ0v) is 11.0. The van der Waals surface area contributed by atoms with Crippen molar-refractivity contribution >= 4 is 11.3 Å². The van der Waals surface area contributed by atoms with Crippen LogP contribution in [0.5, 0.6) is 0 Å². The zero-order chi connectivity index (χ0) is 11.8. The third-order valence-electron chi connectivity index (χ3n) is 3.49. The number of nitrogens with one attached hydrogen (secondary N) is 1. The van der Waals surface area contributed by atoms with Gasteiger partial charge in [-0.25, -0.2) is 0 Å². The summed E-state index contributed by atoms with van der Waals surface area (Å²) in [6.45, 7) is 0. The minimum absolute atomic E-state index is 0.276. The lowest BCUT2D eigenvalue weighted by molar-refractivity contribution is 0.612. The summed E-state index contributed by atoms with van der Waals surface area (Å²) in [6.07, 6.45) is 5.72. The molecule has 0 aliphatic heterocycles. The minimum Gasteiger partial charge on any atom is -0.307 e. The summed E-state index contributed by atoms with van der Waals surface area (Å²) < 4.78 is 1.95. The molecule has 0 amide bonds. The van der Waals surface area contributed by atoms with Gasteiger partial charge in [0.25, 0.3) is 0 Å². The monoisotopic (exact) mass is 247 g/mol. The lowest BCUT2D eigenvalue weighted by atomic mass is 10.1. The van der Waals surface area contributed by atoms with Crippen molar-refractivity contribution in [3.05, 3.63) is 39.3 Å². The molecule has 0 fully saturated rings. The summed E-state index contributed by atoms with van der Waals surface area (Å²) in [7, 11) is 4.02. The van der Waals surface area contributed by atoms with Crippen LogP contribution in [0.2, 0.25) is 0 Å². The number of hydrogen-bond acceptors (Lipinski definition) is 3. The summed E-state index contributed by atoms with van der Waals surface area (Å²) >= 11 is 1.96. The van der Waals surface area contributed by atoms with E-state index in [1.165, 1.54) is 29.8 Å². The van der Waals surface area contributed by atoms with Crippen LogP contribution in [0.25, 0.3) is 0 Å². The summed E-state index contributed by atoms with van der Waals surface area (Å²) in [5.41, 5.74) is 2.79. The SMILES string of the molecule is CNC(c1cc2c(s1)CCC2)c1ccnn1C. The molecule has 1 unspecified atom stereocenters. The molecule has 90 valence electrons. The van der Waals surface area contributed by atoms with Crippen molar-refractivity contribution in [2.24, 2.45) is 7.05 Å². The number of aromatic nitrogens is 2. The molecule has 2 aromatic rings. The summed E-state index contributed by atoms with van der Waals surface area (Å²) in [6, 6.07) is 4.74. The van der Waals surface area contributed by atoms with Crippen molar-refractivity contribution in [2.75, 3.05) is 7.05 Å². The fourth-order valence-electron chi connectivity index (χ4n) is 2.60. The van der Waals surface area contributed by atoms with Crippen LogP contribution in [0.15, 0.2) is 18.3 Å². The van der Waals surface area contributed by atoms with Gasteiger partial charge >= 0.3 is 0 Å². The van der Waals surface area contributed by atoms with Gasteiger partial charge in [-0.3, -0.25) is 4.68 Å². The predicted molar refractivity (Wildman–Crippen MR) is 70.5 cm³/mol. The Kier molecular flexibility index (Phi) is 2.76. The molecule has 2 aromatic heterocycles. The second-order valence-electron chi connectivity index (χ2n) is 4.55. The third kappa shape index (κ3) is 1.81. The largest absolute Gasteiger partial charge is 0.307 e. The molecule has 1 aliphatic carbocycles. The van der Waals surface area contributed by atoms with Crippen molar-refractivity contribution in [2.45, 2.75) is 25.3 Å². The topological polar surface area (TPSA) is 29.9 Å². The number of aryl methyl sites for hydroxylation is 3. The summed E-state index contributed by atoms with van der Waals surface area (Å²) in [4.78, 5) is 3.00. The van der Waals surface area contributed by atoms with Crippen LogP contribution in [0.1, 0.15) is 33.5 Å². The van der Waals surface area contributed by atoms with Crippen LogP contribution in [0.4, 0.5) is 0 Å². The molecule has 0 spiro atoms. The van der Waals surface area contributed by atoms with Crippen LogP contribution in [0.3, 0.4) is 0 Å². The maximum Gasteiger partial charge on any atom is 0.0839 e. The quantitative estimate of drug-likeness (QED) is 0.902. The van der Waals surface area contributed by atoms with Gasteiger partial charge in [0, 0.05) is 23.0 Å². The molecule has 17 heavy (non-hydrogen) atoms. The molecular formula is C13H17N3S. The standard InChI is InChI=1S/C13H17N3S/c1-14-13(10-6-7-15-16(10)2)12-8-9-4-3-5-11(9)17-12/h6-8,13-14H,3-5H2,1-2H3. The molecule has 0 saturated heterocycles. The fourth-order valence-corrected chi connectivity index (χ4v) is 3.98. The van der Waals surface area contributed by atoms with Crippen molar-refractivity contribution < 1.29 is 0 Å². The first-order valence-electron chi connectivity index (χ1n) is 6.06. The number of thiophene rings is 1. The van der Waals surface area contributed by atoms with Gasteiger partial charge in [0.05, 0.1) is 11.7 Å². The molecule has 4 heteroatoms. The second-order valence-corrected chi connectivity index (χ2v) is 5.72. The van der Waals surface area contributed by atoms with Crippen LogP contribution >= 0.6 is 11.3 Å². The van der Waals surface area contributed by atoms with Crippen molar-refractivity contribution in [3.8, 4) is 0 Å². The van der Waals surface area contributed by atoms with Crippen molar-refractivity contribution in [3.63, 3.8) is 0 Å². The molecule has 0 saturated carbocycles. The van der Waals surface area contributed by atoms with E-state index < -0.39 is 0 Å². The van der Waals surface area contributed by atoms with E-state index in [4.69, 9.17) is 0 Å². The maximum atomic E-state index is 4.26. The van der Waals surface area contributed by atoms with Crippen LogP contribution in [-0.2, 0) is 19.9 Å². The number of hydrogen-bond donors (Lipinski definition) is 1. The van der Waals surface area contributed by atoms with E-state index in [2.05, 4.69) is 22.5 Å². The lowest BCUT2D eigenvalue weighted by Gasteiger charge is -2.14. The highest BCUT2D eigenvalue weighted by Gasteiger charge is 2.21. The molecule has 3 nitrogen and oxygen atoms in total. The van der Waals surface area contributed by atoms with E-state index in [0.29, 0.717) is 0 Å². The van der Waals surface area contributed by atoms with Crippen molar-refractivity contribution in [1.29, 1.82) is 0 Å². The first-order chi connectivity index (χ1) is 8.29. The Balaban J connectivity index is 1.97. The highest BCUT2D eigenvalue weighted by molar-refractivity contribution is 7.12. The predicted octanol–water partition coefficient (Wildman–Crippen LogP) is 2.28. The van der Waals surface area contributed by atoms with Gasteiger partial charge < -0.3 is 5.32 Å². The van der Waals surface area contributed by atoms with E-state index >= 15 is 0 Å². The van der Waals surface area contributed by atoms with Gasteiger partial charge in [0.2, 0.25) is 0 Å². The van der Waals surface area contributed by atoms with Crippen LogP contribution < -0.4 is 5.32 Å². The Labute approximate surface area is 105 Å². The number of fused-ring (bicyclic) bond motifs is 1. The third-order valence-corrected chi connectivity index (χ3v) is 4.80. The molecule has 1 N–H and O–H groups in total. The summed E-state index contributed by atoms with van der Waals surface area (Å²) in [5.74, 6) is 0. The van der Waals surface area contributed by atoms with E-state index in [1.54, 1.807) is 10.4 Å². The Hall–Kier alpha value is -1.13. The first kappa shape index (κ1) is 11.0. The van der Waals surface area contributed by atoms with Gasteiger partial charge in [-0.05, 0) is 44.0 Å².